The van der Waals surface area contributed by atoms with Gasteiger partial charge in [-0.1, -0.05) is 26.3 Å². The van der Waals surface area contributed by atoms with E-state index < -0.39 is 0 Å². The lowest BCUT2D eigenvalue weighted by Crippen LogP contribution is -2.37. The monoisotopic (exact) mass is 319 g/mol. The molecule has 1 aromatic rings. The van der Waals surface area contributed by atoms with Crippen LogP contribution in [-0.4, -0.2) is 44.5 Å². The zero-order chi connectivity index (χ0) is 16.1. The summed E-state index contributed by atoms with van der Waals surface area (Å²) < 4.78 is 16.5. The van der Waals surface area contributed by atoms with Crippen LogP contribution in [0.5, 0.6) is 11.5 Å². The fourth-order valence-corrected chi connectivity index (χ4v) is 3.34. The Bertz CT molecular complexity index is 497. The number of fused-ring (bicyclic) bond motifs is 1. The Hall–Kier alpha value is -1.26. The Morgan fingerprint density at radius 2 is 1.78 bits per heavy atom. The minimum atomic E-state index is 0.350. The molecular weight excluding hydrogens is 290 g/mol. The summed E-state index contributed by atoms with van der Waals surface area (Å²) in [5.74, 6) is 3.12. The van der Waals surface area contributed by atoms with Gasteiger partial charge in [0.05, 0.1) is 13.2 Å². The fourth-order valence-electron chi connectivity index (χ4n) is 3.34. The van der Waals surface area contributed by atoms with E-state index in [4.69, 9.17) is 14.2 Å². The molecule has 1 saturated heterocycles. The van der Waals surface area contributed by atoms with E-state index in [1.165, 1.54) is 24.8 Å². The maximum absolute atomic E-state index is 5.56. The van der Waals surface area contributed by atoms with Gasteiger partial charge in [0, 0.05) is 13.1 Å². The van der Waals surface area contributed by atoms with Crippen molar-refractivity contribution in [2.24, 2.45) is 5.92 Å². The number of benzene rings is 1. The molecular formula is C19H29NO3. The first kappa shape index (κ1) is 16.6. The molecule has 2 aliphatic rings. The van der Waals surface area contributed by atoms with Crippen molar-refractivity contribution in [3.05, 3.63) is 23.8 Å². The van der Waals surface area contributed by atoms with E-state index in [2.05, 4.69) is 36.9 Å². The number of rotatable bonds is 7. The lowest BCUT2D eigenvalue weighted by molar-refractivity contribution is 0.0364. The van der Waals surface area contributed by atoms with Crippen LogP contribution in [0.2, 0.25) is 0 Å². The van der Waals surface area contributed by atoms with Crippen LogP contribution in [0.3, 0.4) is 0 Å². The van der Waals surface area contributed by atoms with Gasteiger partial charge in [0.25, 0.3) is 0 Å². The summed E-state index contributed by atoms with van der Waals surface area (Å²) in [6.45, 7) is 10.00. The molecule has 0 aromatic heterocycles. The molecule has 2 aliphatic heterocycles. The molecule has 0 unspecified atom stereocenters. The topological polar surface area (TPSA) is 30.9 Å². The van der Waals surface area contributed by atoms with E-state index in [0.717, 1.165) is 50.3 Å². The van der Waals surface area contributed by atoms with Gasteiger partial charge in [-0.2, -0.15) is 0 Å². The van der Waals surface area contributed by atoms with Crippen LogP contribution in [0.1, 0.15) is 44.6 Å². The van der Waals surface area contributed by atoms with Gasteiger partial charge in [-0.05, 0) is 48.9 Å². The maximum atomic E-state index is 5.56. The van der Waals surface area contributed by atoms with Gasteiger partial charge in [-0.25, -0.2) is 0 Å². The smallest absolute Gasteiger partial charge is 0.231 e. The zero-order valence-corrected chi connectivity index (χ0v) is 14.4. The molecule has 1 fully saturated rings. The van der Waals surface area contributed by atoms with E-state index in [-0.39, 0.29) is 0 Å². The van der Waals surface area contributed by atoms with Crippen LogP contribution in [0, 0.1) is 5.92 Å². The Kier molecular flexibility index (Phi) is 5.79. The van der Waals surface area contributed by atoms with Gasteiger partial charge >= 0.3 is 0 Å². The second kappa shape index (κ2) is 8.02. The van der Waals surface area contributed by atoms with Gasteiger partial charge in [-0.3, -0.25) is 4.90 Å². The van der Waals surface area contributed by atoms with Crippen LogP contribution in [0.4, 0.5) is 0 Å². The van der Waals surface area contributed by atoms with Gasteiger partial charge in [-0.15, -0.1) is 0 Å². The van der Waals surface area contributed by atoms with Crippen molar-refractivity contribution < 1.29 is 14.2 Å². The van der Waals surface area contributed by atoms with Crippen LogP contribution in [-0.2, 0) is 4.74 Å². The quantitative estimate of drug-likeness (QED) is 0.767. The number of hydrogen-bond donors (Lipinski definition) is 0. The van der Waals surface area contributed by atoms with Crippen LogP contribution < -0.4 is 9.47 Å². The highest BCUT2D eigenvalue weighted by atomic mass is 16.7. The van der Waals surface area contributed by atoms with Crippen molar-refractivity contribution in [3.63, 3.8) is 0 Å². The lowest BCUT2D eigenvalue weighted by atomic mass is 9.88. The molecule has 1 aromatic carbocycles. The summed E-state index contributed by atoms with van der Waals surface area (Å²) >= 11 is 0. The number of nitrogens with zero attached hydrogens (tertiary/aromatic N) is 1. The normalized spacial score (nSPS) is 19.3. The summed E-state index contributed by atoms with van der Waals surface area (Å²) in [7, 11) is 0. The van der Waals surface area contributed by atoms with E-state index in [9.17, 15) is 0 Å². The SMILES string of the molecule is CC(C)CC[C@H](CCN1CCOCC1)c1ccc2c(c1)OCO2. The van der Waals surface area contributed by atoms with Gasteiger partial charge in [0.1, 0.15) is 0 Å². The number of morpholine rings is 1. The summed E-state index contributed by atoms with van der Waals surface area (Å²) in [6, 6.07) is 6.47. The van der Waals surface area contributed by atoms with Crippen LogP contribution >= 0.6 is 0 Å². The zero-order valence-electron chi connectivity index (χ0n) is 14.4. The Balaban J connectivity index is 1.64. The summed E-state index contributed by atoms with van der Waals surface area (Å²) in [5, 5.41) is 0. The average molecular weight is 319 g/mol. The van der Waals surface area contributed by atoms with Crippen LogP contribution in [0.25, 0.3) is 0 Å². The van der Waals surface area contributed by atoms with E-state index >= 15 is 0 Å². The molecule has 23 heavy (non-hydrogen) atoms. The van der Waals surface area contributed by atoms with E-state index in [0.29, 0.717) is 12.7 Å². The van der Waals surface area contributed by atoms with Gasteiger partial charge in [0.15, 0.2) is 11.5 Å². The third kappa shape index (κ3) is 4.61. The largest absolute Gasteiger partial charge is 0.454 e. The molecule has 2 heterocycles. The molecule has 0 amide bonds. The summed E-state index contributed by atoms with van der Waals surface area (Å²) in [6.07, 6.45) is 3.70. The molecule has 0 spiro atoms. The number of ether oxygens (including phenoxy) is 3. The summed E-state index contributed by atoms with van der Waals surface area (Å²) in [4.78, 5) is 2.53. The molecule has 4 heteroatoms. The molecule has 0 N–H and O–H groups in total. The highest BCUT2D eigenvalue weighted by Gasteiger charge is 2.20. The molecule has 0 saturated carbocycles. The predicted octanol–water partition coefficient (Wildman–Crippen LogP) is 3.66. The minimum absolute atomic E-state index is 0.350. The average Bonchev–Trinajstić information content (AvgIpc) is 3.03. The van der Waals surface area contributed by atoms with E-state index in [1.807, 2.05) is 0 Å². The van der Waals surface area contributed by atoms with Crippen LogP contribution in [0.15, 0.2) is 18.2 Å². The molecule has 128 valence electrons. The first-order valence-electron chi connectivity index (χ1n) is 8.92. The molecule has 1 atom stereocenters. The Morgan fingerprint density at radius 3 is 2.57 bits per heavy atom. The second-order valence-corrected chi connectivity index (χ2v) is 7.02. The molecule has 0 aliphatic carbocycles. The van der Waals surface area contributed by atoms with Gasteiger partial charge in [0.2, 0.25) is 6.79 Å². The second-order valence-electron chi connectivity index (χ2n) is 7.02. The highest BCUT2D eigenvalue weighted by Crippen LogP contribution is 2.37. The predicted molar refractivity (Wildman–Crippen MR) is 91.3 cm³/mol. The van der Waals surface area contributed by atoms with Crippen molar-refractivity contribution in [2.75, 3.05) is 39.6 Å². The Labute approximate surface area is 139 Å². The molecule has 3 rings (SSSR count). The van der Waals surface area contributed by atoms with E-state index in [1.54, 1.807) is 0 Å². The molecule has 0 bridgehead atoms. The number of hydrogen-bond acceptors (Lipinski definition) is 4. The highest BCUT2D eigenvalue weighted by molar-refractivity contribution is 5.45. The van der Waals surface area contributed by atoms with Crippen molar-refractivity contribution >= 4 is 0 Å². The first-order valence-corrected chi connectivity index (χ1v) is 8.92. The third-order valence-electron chi connectivity index (χ3n) is 4.86. The maximum Gasteiger partial charge on any atom is 0.231 e. The fraction of sp³-hybridized carbons (Fsp3) is 0.684. The third-order valence-corrected chi connectivity index (χ3v) is 4.86. The summed E-state index contributed by atoms with van der Waals surface area (Å²) in [5.41, 5.74) is 1.39. The first-order chi connectivity index (χ1) is 11.2. The van der Waals surface area contributed by atoms with Crippen molar-refractivity contribution in [2.45, 2.75) is 39.0 Å². The minimum Gasteiger partial charge on any atom is -0.454 e. The van der Waals surface area contributed by atoms with Crippen molar-refractivity contribution in [1.82, 2.24) is 4.90 Å². The van der Waals surface area contributed by atoms with Gasteiger partial charge < -0.3 is 14.2 Å². The molecule has 4 nitrogen and oxygen atoms in total. The van der Waals surface area contributed by atoms with Crippen molar-refractivity contribution in [1.29, 1.82) is 0 Å². The standard InChI is InChI=1S/C19H29NO3/c1-15(2)3-4-16(7-8-20-9-11-21-12-10-20)17-5-6-18-19(13-17)23-14-22-18/h5-6,13,15-16H,3-4,7-12,14H2,1-2H3/t16-/m1/s1. The van der Waals surface area contributed by atoms with Crippen molar-refractivity contribution in [3.8, 4) is 11.5 Å². The Morgan fingerprint density at radius 1 is 1.00 bits per heavy atom. The lowest BCUT2D eigenvalue weighted by Gasteiger charge is -2.28. The molecule has 0 radical (unpaired) electrons.